The van der Waals surface area contributed by atoms with Crippen LogP contribution < -0.4 is 0 Å². The van der Waals surface area contributed by atoms with Crippen molar-refractivity contribution in [1.82, 2.24) is 14.3 Å². The van der Waals surface area contributed by atoms with Crippen LogP contribution in [-0.2, 0) is 21.3 Å². The van der Waals surface area contributed by atoms with E-state index in [1.54, 1.807) is 29.8 Å². The van der Waals surface area contributed by atoms with Crippen LogP contribution in [0.4, 0.5) is 0 Å². The van der Waals surface area contributed by atoms with Crippen LogP contribution in [0.15, 0.2) is 46.8 Å². The van der Waals surface area contributed by atoms with Gasteiger partial charge in [0.2, 0.25) is 10.0 Å². The van der Waals surface area contributed by atoms with E-state index in [9.17, 15) is 13.2 Å². The van der Waals surface area contributed by atoms with Crippen LogP contribution in [0.2, 0.25) is 0 Å². The molecule has 0 N–H and O–H groups in total. The van der Waals surface area contributed by atoms with Gasteiger partial charge in [-0.15, -0.1) is 11.3 Å². The second-order valence-corrected chi connectivity index (χ2v) is 9.82. The molecule has 3 aromatic rings. The number of pyridine rings is 1. The Bertz CT molecular complexity index is 1100. The molecule has 9 heteroatoms. The summed E-state index contributed by atoms with van der Waals surface area (Å²) in [4.78, 5) is 20.4. The van der Waals surface area contributed by atoms with Gasteiger partial charge in [0.1, 0.15) is 9.90 Å². The summed E-state index contributed by atoms with van der Waals surface area (Å²) in [5.41, 5.74) is 0.625. The molecule has 0 spiro atoms. The normalized spacial score (nSPS) is 12.0. The number of hydrogen-bond acceptors (Lipinski definition) is 7. The van der Waals surface area contributed by atoms with Gasteiger partial charge in [0.05, 0.1) is 19.2 Å². The second-order valence-electron chi connectivity index (χ2n) is 6.97. The smallest absolute Gasteiger partial charge is 0.357 e. The summed E-state index contributed by atoms with van der Waals surface area (Å²) in [5, 5.41) is 2.87. The number of ether oxygens (including phenoxy) is 1. The van der Waals surface area contributed by atoms with Crippen LogP contribution in [0.1, 0.15) is 35.8 Å². The number of rotatable bonds is 8. The summed E-state index contributed by atoms with van der Waals surface area (Å²) in [6.07, 6.45) is 2.29. The van der Waals surface area contributed by atoms with Crippen molar-refractivity contribution in [2.45, 2.75) is 31.7 Å². The number of fused-ring (bicyclic) bond motifs is 1. The van der Waals surface area contributed by atoms with E-state index >= 15 is 0 Å². The summed E-state index contributed by atoms with van der Waals surface area (Å²) in [6, 6.07) is 8.75. The third-order valence-corrected chi connectivity index (χ3v) is 7.14. The maximum atomic E-state index is 13.5. The van der Waals surface area contributed by atoms with Crippen LogP contribution in [0.25, 0.3) is 10.9 Å². The van der Waals surface area contributed by atoms with Crippen molar-refractivity contribution in [3.8, 4) is 0 Å². The first-order chi connectivity index (χ1) is 13.8. The summed E-state index contributed by atoms with van der Waals surface area (Å²) in [7, 11) is -2.53. The monoisotopic (exact) mass is 433 g/mol. The van der Waals surface area contributed by atoms with Gasteiger partial charge in [-0.05, 0) is 24.5 Å². The fourth-order valence-electron chi connectivity index (χ4n) is 2.84. The van der Waals surface area contributed by atoms with E-state index in [1.165, 1.54) is 22.8 Å². The third kappa shape index (κ3) is 4.80. The van der Waals surface area contributed by atoms with Gasteiger partial charge in [0.15, 0.2) is 5.69 Å². The largest absolute Gasteiger partial charge is 0.464 e. The number of carbonyl (C=O) groups is 1. The highest BCUT2D eigenvalue weighted by atomic mass is 32.2. The van der Waals surface area contributed by atoms with Gasteiger partial charge in [0.25, 0.3) is 0 Å². The molecule has 7 nitrogen and oxygen atoms in total. The summed E-state index contributed by atoms with van der Waals surface area (Å²) in [6.45, 7) is 4.52. The van der Waals surface area contributed by atoms with E-state index < -0.39 is 16.0 Å². The molecule has 0 aliphatic heterocycles. The molecule has 0 aliphatic rings. The SMILES string of the molecule is COC(=O)c1csc(CN(CCC(C)C)S(=O)(=O)c2cccc3cccnc23)n1. The van der Waals surface area contributed by atoms with Crippen molar-refractivity contribution in [3.05, 3.63) is 52.6 Å². The molecule has 154 valence electrons. The molecule has 2 aromatic heterocycles. The molecular weight excluding hydrogens is 410 g/mol. The van der Waals surface area contributed by atoms with Crippen molar-refractivity contribution in [1.29, 1.82) is 0 Å². The van der Waals surface area contributed by atoms with Gasteiger partial charge in [-0.3, -0.25) is 4.98 Å². The number of benzene rings is 1. The van der Waals surface area contributed by atoms with E-state index in [1.807, 2.05) is 26.0 Å². The van der Waals surface area contributed by atoms with Crippen molar-refractivity contribution in [2.75, 3.05) is 13.7 Å². The number of sulfonamides is 1. The average molecular weight is 434 g/mol. The number of esters is 1. The lowest BCUT2D eigenvalue weighted by Crippen LogP contribution is -2.32. The Balaban J connectivity index is 1.98. The van der Waals surface area contributed by atoms with Gasteiger partial charge >= 0.3 is 5.97 Å². The highest BCUT2D eigenvalue weighted by Gasteiger charge is 2.28. The topological polar surface area (TPSA) is 89.5 Å². The number of nitrogens with zero attached hydrogens (tertiary/aromatic N) is 3. The number of carbonyl (C=O) groups excluding carboxylic acids is 1. The van der Waals surface area contributed by atoms with Gasteiger partial charge in [0, 0.05) is 23.5 Å². The zero-order valence-corrected chi connectivity index (χ0v) is 18.2. The molecule has 3 rings (SSSR count). The molecule has 2 heterocycles. The number of hydrogen-bond donors (Lipinski definition) is 0. The molecule has 0 aliphatic carbocycles. The number of methoxy groups -OCH3 is 1. The Labute approximate surface area is 174 Å². The first-order valence-corrected chi connectivity index (χ1v) is 11.5. The average Bonchev–Trinajstić information content (AvgIpc) is 3.18. The fraction of sp³-hybridized carbons (Fsp3) is 0.350. The highest BCUT2D eigenvalue weighted by molar-refractivity contribution is 7.89. The summed E-state index contributed by atoms with van der Waals surface area (Å²) >= 11 is 1.24. The van der Waals surface area contributed by atoms with Crippen LogP contribution in [0.5, 0.6) is 0 Å². The molecular formula is C20H23N3O4S2. The van der Waals surface area contributed by atoms with Gasteiger partial charge in [-0.25, -0.2) is 18.2 Å². The number of thiazole rings is 1. The van der Waals surface area contributed by atoms with E-state index in [0.29, 0.717) is 29.4 Å². The lowest BCUT2D eigenvalue weighted by molar-refractivity contribution is 0.0594. The van der Waals surface area contributed by atoms with Crippen LogP contribution in [-0.4, -0.2) is 42.3 Å². The van der Waals surface area contributed by atoms with Crippen LogP contribution >= 0.6 is 11.3 Å². The minimum absolute atomic E-state index is 0.0833. The predicted molar refractivity (Wildman–Crippen MR) is 112 cm³/mol. The lowest BCUT2D eigenvalue weighted by atomic mass is 10.1. The first-order valence-electron chi connectivity index (χ1n) is 9.19. The van der Waals surface area contributed by atoms with Crippen molar-refractivity contribution in [3.63, 3.8) is 0 Å². The maximum Gasteiger partial charge on any atom is 0.357 e. The van der Waals surface area contributed by atoms with Crippen LogP contribution in [0.3, 0.4) is 0 Å². The molecule has 29 heavy (non-hydrogen) atoms. The minimum atomic E-state index is -3.82. The Kier molecular flexibility index (Phi) is 6.61. The number of para-hydroxylation sites is 1. The predicted octanol–water partition coefficient (Wildman–Crippen LogP) is 3.71. The Hall–Kier alpha value is -2.36. The molecule has 1 aromatic carbocycles. The Morgan fingerprint density at radius 3 is 2.72 bits per heavy atom. The van der Waals surface area contributed by atoms with Gasteiger partial charge in [-0.2, -0.15) is 4.31 Å². The van der Waals surface area contributed by atoms with Crippen molar-refractivity contribution in [2.24, 2.45) is 5.92 Å². The molecule has 0 amide bonds. The lowest BCUT2D eigenvalue weighted by Gasteiger charge is -2.22. The maximum absolute atomic E-state index is 13.5. The second kappa shape index (κ2) is 8.98. The van der Waals surface area contributed by atoms with Gasteiger partial charge in [-0.1, -0.05) is 32.0 Å². The molecule has 0 bridgehead atoms. The first kappa shape index (κ1) is 21.4. The Morgan fingerprint density at radius 1 is 1.24 bits per heavy atom. The quantitative estimate of drug-likeness (QED) is 0.503. The summed E-state index contributed by atoms with van der Waals surface area (Å²) < 4.78 is 33.2. The minimum Gasteiger partial charge on any atom is -0.464 e. The van der Waals surface area contributed by atoms with E-state index in [2.05, 4.69) is 14.7 Å². The van der Waals surface area contributed by atoms with Crippen molar-refractivity contribution >= 4 is 38.2 Å². The zero-order chi connectivity index (χ0) is 21.0. The molecule has 0 atom stereocenters. The van der Waals surface area contributed by atoms with Crippen molar-refractivity contribution < 1.29 is 17.9 Å². The van der Waals surface area contributed by atoms with Crippen LogP contribution in [0, 0.1) is 5.92 Å². The number of aromatic nitrogens is 2. The molecule has 0 saturated carbocycles. The highest BCUT2D eigenvalue weighted by Crippen LogP contribution is 2.26. The van der Waals surface area contributed by atoms with E-state index in [4.69, 9.17) is 0 Å². The van der Waals surface area contributed by atoms with E-state index in [-0.39, 0.29) is 17.1 Å². The molecule has 0 saturated heterocycles. The summed E-state index contributed by atoms with van der Waals surface area (Å²) in [5.74, 6) is -0.206. The fourth-order valence-corrected chi connectivity index (χ4v) is 5.28. The standard InChI is InChI=1S/C20H23N3O4S2/c1-14(2)9-11-23(12-18-22-16(13-28-18)20(24)27-3)29(25,26)17-8-4-6-15-7-5-10-21-19(15)17/h4-8,10,13-14H,9,11-12H2,1-3H3. The molecule has 0 unspecified atom stereocenters. The molecule has 0 fully saturated rings. The van der Waals surface area contributed by atoms with Gasteiger partial charge < -0.3 is 4.74 Å². The zero-order valence-electron chi connectivity index (χ0n) is 16.5. The Morgan fingerprint density at radius 2 is 2.00 bits per heavy atom. The molecule has 0 radical (unpaired) electrons. The van der Waals surface area contributed by atoms with E-state index in [0.717, 1.165) is 5.39 Å². The third-order valence-electron chi connectivity index (χ3n) is 4.43.